The first-order valence-corrected chi connectivity index (χ1v) is 5.79. The maximum Gasteiger partial charge on any atom is 0.169 e. The molecular formula is C15H14NO2+. The van der Waals surface area contributed by atoms with E-state index in [1.807, 2.05) is 54.3 Å². The summed E-state index contributed by atoms with van der Waals surface area (Å²) in [6, 6.07) is 10.00. The number of aryl methyl sites for hydroxylation is 1. The molecule has 0 unspecified atom stereocenters. The summed E-state index contributed by atoms with van der Waals surface area (Å²) < 4.78 is 13.1. The Kier molecular flexibility index (Phi) is 2.52. The largest absolute Gasteiger partial charge is 0.496 e. The van der Waals surface area contributed by atoms with Crippen LogP contribution in [0.4, 0.5) is 0 Å². The minimum atomic E-state index is 0.837. The summed E-state index contributed by atoms with van der Waals surface area (Å²) in [7, 11) is 3.67. The molecule has 18 heavy (non-hydrogen) atoms. The molecule has 0 saturated carbocycles. The van der Waals surface area contributed by atoms with Crippen LogP contribution in [-0.4, -0.2) is 7.11 Å². The Morgan fingerprint density at radius 3 is 2.61 bits per heavy atom. The average Bonchev–Trinajstić information content (AvgIpc) is 2.83. The maximum absolute atomic E-state index is 5.69. The van der Waals surface area contributed by atoms with Crippen LogP contribution in [0.25, 0.3) is 22.1 Å². The number of nitrogens with zero attached hydrogens (tertiary/aromatic N) is 1. The topological polar surface area (TPSA) is 26.2 Å². The van der Waals surface area contributed by atoms with Crippen molar-refractivity contribution in [2.45, 2.75) is 0 Å². The molecule has 0 bridgehead atoms. The predicted octanol–water partition coefficient (Wildman–Crippen LogP) is 2.93. The smallest absolute Gasteiger partial charge is 0.169 e. The molecule has 90 valence electrons. The lowest BCUT2D eigenvalue weighted by Gasteiger charge is -2.03. The van der Waals surface area contributed by atoms with Crippen LogP contribution in [0, 0.1) is 0 Å². The van der Waals surface area contributed by atoms with Gasteiger partial charge in [0, 0.05) is 23.1 Å². The second-order valence-corrected chi connectivity index (χ2v) is 4.24. The van der Waals surface area contributed by atoms with E-state index >= 15 is 0 Å². The molecule has 0 saturated heterocycles. The van der Waals surface area contributed by atoms with E-state index in [-0.39, 0.29) is 0 Å². The first-order chi connectivity index (χ1) is 8.79. The van der Waals surface area contributed by atoms with Gasteiger partial charge in [-0.2, -0.15) is 0 Å². The second kappa shape index (κ2) is 4.18. The highest BCUT2D eigenvalue weighted by atomic mass is 16.5. The van der Waals surface area contributed by atoms with E-state index in [4.69, 9.17) is 9.15 Å². The molecule has 0 aliphatic rings. The molecule has 3 heteroatoms. The zero-order chi connectivity index (χ0) is 12.5. The van der Waals surface area contributed by atoms with Crippen molar-refractivity contribution in [2.24, 2.45) is 7.05 Å². The molecule has 0 aliphatic heterocycles. The van der Waals surface area contributed by atoms with E-state index < -0.39 is 0 Å². The van der Waals surface area contributed by atoms with Gasteiger partial charge in [-0.25, -0.2) is 4.57 Å². The lowest BCUT2D eigenvalue weighted by atomic mass is 10.1. The third kappa shape index (κ3) is 1.64. The number of rotatable bonds is 2. The highest BCUT2D eigenvalue weighted by Gasteiger charge is 2.13. The molecule has 0 spiro atoms. The summed E-state index contributed by atoms with van der Waals surface area (Å²) in [6.45, 7) is 0. The van der Waals surface area contributed by atoms with Crippen molar-refractivity contribution in [1.29, 1.82) is 0 Å². The van der Waals surface area contributed by atoms with Crippen molar-refractivity contribution in [3.63, 3.8) is 0 Å². The van der Waals surface area contributed by atoms with Crippen LogP contribution >= 0.6 is 0 Å². The Balaban J connectivity index is 2.26. The second-order valence-electron chi connectivity index (χ2n) is 4.24. The molecule has 2 heterocycles. The summed E-state index contributed by atoms with van der Waals surface area (Å²) >= 11 is 0. The van der Waals surface area contributed by atoms with E-state index in [0.29, 0.717) is 0 Å². The molecule has 0 N–H and O–H groups in total. The van der Waals surface area contributed by atoms with Gasteiger partial charge in [-0.05, 0) is 6.07 Å². The number of hydrogen-bond donors (Lipinski definition) is 0. The number of benzene rings is 1. The van der Waals surface area contributed by atoms with Crippen molar-refractivity contribution >= 4 is 10.8 Å². The number of hydrogen-bond acceptors (Lipinski definition) is 2. The fourth-order valence-corrected chi connectivity index (χ4v) is 2.11. The lowest BCUT2D eigenvalue weighted by molar-refractivity contribution is -0.671. The average molecular weight is 240 g/mol. The van der Waals surface area contributed by atoms with Crippen LogP contribution < -0.4 is 9.30 Å². The third-order valence-electron chi connectivity index (χ3n) is 3.05. The van der Waals surface area contributed by atoms with Gasteiger partial charge < -0.3 is 9.15 Å². The summed E-state index contributed by atoms with van der Waals surface area (Å²) in [5, 5.41) is 2.08. The van der Waals surface area contributed by atoms with E-state index in [1.165, 1.54) is 0 Å². The van der Waals surface area contributed by atoms with Crippen LogP contribution in [0.1, 0.15) is 0 Å². The molecule has 0 aliphatic carbocycles. The molecule has 2 aromatic heterocycles. The Morgan fingerprint density at radius 1 is 1.11 bits per heavy atom. The Hall–Kier alpha value is -2.29. The molecule has 3 rings (SSSR count). The van der Waals surface area contributed by atoms with Gasteiger partial charge >= 0.3 is 0 Å². The van der Waals surface area contributed by atoms with E-state index in [2.05, 4.69) is 0 Å². The number of aromatic nitrogens is 1. The van der Waals surface area contributed by atoms with Crippen LogP contribution in [0.5, 0.6) is 5.75 Å². The van der Waals surface area contributed by atoms with Crippen LogP contribution in [0.3, 0.4) is 0 Å². The Morgan fingerprint density at radius 2 is 1.89 bits per heavy atom. The van der Waals surface area contributed by atoms with Crippen molar-refractivity contribution < 1.29 is 13.7 Å². The summed E-state index contributed by atoms with van der Waals surface area (Å²) in [6.07, 6.45) is 5.76. The molecule has 3 aromatic rings. The first-order valence-electron chi connectivity index (χ1n) is 5.79. The number of pyridine rings is 1. The molecule has 0 radical (unpaired) electrons. The normalized spacial score (nSPS) is 10.8. The minimum Gasteiger partial charge on any atom is -0.496 e. The van der Waals surface area contributed by atoms with Gasteiger partial charge in [0.2, 0.25) is 0 Å². The Bertz CT molecular complexity index is 683. The first kappa shape index (κ1) is 10.8. The van der Waals surface area contributed by atoms with Crippen LogP contribution in [0.2, 0.25) is 0 Å². The van der Waals surface area contributed by atoms with E-state index in [1.54, 1.807) is 13.4 Å². The molecule has 3 nitrogen and oxygen atoms in total. The van der Waals surface area contributed by atoms with Gasteiger partial charge in [0.15, 0.2) is 12.4 Å². The van der Waals surface area contributed by atoms with Crippen molar-refractivity contribution in [1.82, 2.24) is 0 Å². The van der Waals surface area contributed by atoms with Gasteiger partial charge in [0.1, 0.15) is 18.6 Å². The fraction of sp³-hybridized carbons (Fsp3) is 0.133. The van der Waals surface area contributed by atoms with Gasteiger partial charge in [0.25, 0.3) is 0 Å². The quantitative estimate of drug-likeness (QED) is 0.644. The Labute approximate surface area is 105 Å². The number of ether oxygens (including phenoxy) is 1. The predicted molar refractivity (Wildman–Crippen MR) is 69.4 cm³/mol. The SMILES string of the molecule is COc1cccc2coc(-c3cc[n+](C)cc3)c12. The van der Waals surface area contributed by atoms with Crippen LogP contribution in [-0.2, 0) is 7.05 Å². The zero-order valence-corrected chi connectivity index (χ0v) is 10.4. The minimum absolute atomic E-state index is 0.837. The fourth-order valence-electron chi connectivity index (χ4n) is 2.11. The number of furan rings is 1. The highest BCUT2D eigenvalue weighted by molar-refractivity contribution is 5.98. The van der Waals surface area contributed by atoms with Gasteiger partial charge in [0.05, 0.1) is 18.8 Å². The highest BCUT2D eigenvalue weighted by Crippen LogP contribution is 2.36. The number of methoxy groups -OCH3 is 1. The summed E-state index contributed by atoms with van der Waals surface area (Å²) in [4.78, 5) is 0. The zero-order valence-electron chi connectivity index (χ0n) is 10.4. The molecular weight excluding hydrogens is 226 g/mol. The van der Waals surface area contributed by atoms with Crippen molar-refractivity contribution in [3.05, 3.63) is 49.0 Å². The number of fused-ring (bicyclic) bond motifs is 1. The summed E-state index contributed by atoms with van der Waals surface area (Å²) in [5.74, 6) is 1.69. The monoisotopic (exact) mass is 240 g/mol. The standard InChI is InChI=1S/C15H14NO2/c1-16-8-6-11(7-9-16)15-14-12(10-18-15)4-3-5-13(14)17-2/h3-10H,1-2H3/q+1. The third-order valence-corrected chi connectivity index (χ3v) is 3.05. The molecule has 0 fully saturated rings. The van der Waals surface area contributed by atoms with E-state index in [0.717, 1.165) is 27.8 Å². The molecule has 0 atom stereocenters. The molecule has 1 aromatic carbocycles. The van der Waals surface area contributed by atoms with Gasteiger partial charge in [-0.3, -0.25) is 0 Å². The lowest BCUT2D eigenvalue weighted by Crippen LogP contribution is -2.25. The molecule has 0 amide bonds. The van der Waals surface area contributed by atoms with Crippen LogP contribution in [0.15, 0.2) is 53.4 Å². The van der Waals surface area contributed by atoms with E-state index in [9.17, 15) is 0 Å². The van der Waals surface area contributed by atoms with Crippen molar-refractivity contribution in [3.8, 4) is 17.1 Å². The maximum atomic E-state index is 5.69. The van der Waals surface area contributed by atoms with Crippen molar-refractivity contribution in [2.75, 3.05) is 7.11 Å². The van der Waals surface area contributed by atoms with Gasteiger partial charge in [-0.15, -0.1) is 0 Å². The summed E-state index contributed by atoms with van der Waals surface area (Å²) in [5.41, 5.74) is 1.05. The van der Waals surface area contributed by atoms with Gasteiger partial charge in [-0.1, -0.05) is 12.1 Å².